The molecule has 0 bridgehead atoms. The molecule has 1 aromatic carbocycles. The summed E-state index contributed by atoms with van der Waals surface area (Å²) < 4.78 is 0. The molecule has 0 radical (unpaired) electrons. The van der Waals surface area contributed by atoms with Crippen LogP contribution in [0.25, 0.3) is 0 Å². The van der Waals surface area contributed by atoms with E-state index >= 15 is 0 Å². The highest BCUT2D eigenvalue weighted by Gasteiger charge is 2.17. The molecule has 2 amide bonds. The SMILES string of the molecule is CCCC(CNC(=O)NCc1ccccc1CC)C(=O)O. The van der Waals surface area contributed by atoms with E-state index in [0.717, 1.165) is 18.4 Å². The topological polar surface area (TPSA) is 78.4 Å². The molecule has 0 fully saturated rings. The number of aryl methyl sites for hydroxylation is 1. The summed E-state index contributed by atoms with van der Waals surface area (Å²) in [6.07, 6.45) is 2.26. The van der Waals surface area contributed by atoms with Crippen molar-refractivity contribution in [2.24, 2.45) is 5.92 Å². The fourth-order valence-corrected chi connectivity index (χ4v) is 2.19. The number of carboxylic acid groups (broad SMARTS) is 1. The maximum Gasteiger partial charge on any atom is 0.315 e. The van der Waals surface area contributed by atoms with Gasteiger partial charge in [-0.15, -0.1) is 0 Å². The smallest absolute Gasteiger partial charge is 0.315 e. The van der Waals surface area contributed by atoms with Crippen LogP contribution in [-0.4, -0.2) is 23.7 Å². The summed E-state index contributed by atoms with van der Waals surface area (Å²) in [4.78, 5) is 22.7. The van der Waals surface area contributed by atoms with E-state index in [0.29, 0.717) is 13.0 Å². The number of amides is 2. The van der Waals surface area contributed by atoms with Gasteiger partial charge in [-0.3, -0.25) is 4.79 Å². The van der Waals surface area contributed by atoms with Crippen LogP contribution in [0.4, 0.5) is 4.79 Å². The van der Waals surface area contributed by atoms with Crippen molar-refractivity contribution < 1.29 is 14.7 Å². The molecule has 1 atom stereocenters. The van der Waals surface area contributed by atoms with Gasteiger partial charge >= 0.3 is 12.0 Å². The second-order valence-corrected chi connectivity index (χ2v) is 5.01. The number of urea groups is 1. The zero-order valence-corrected chi connectivity index (χ0v) is 12.7. The maximum absolute atomic E-state index is 11.7. The number of rotatable bonds is 8. The van der Waals surface area contributed by atoms with Crippen molar-refractivity contribution in [3.8, 4) is 0 Å². The minimum atomic E-state index is -0.867. The molecule has 0 aromatic heterocycles. The minimum Gasteiger partial charge on any atom is -0.481 e. The summed E-state index contributed by atoms with van der Waals surface area (Å²) in [5.41, 5.74) is 2.28. The molecule has 0 spiro atoms. The molecule has 0 saturated heterocycles. The Balaban J connectivity index is 2.42. The Morgan fingerprint density at radius 2 is 1.81 bits per heavy atom. The first-order chi connectivity index (χ1) is 10.1. The van der Waals surface area contributed by atoms with Crippen LogP contribution in [0.5, 0.6) is 0 Å². The lowest BCUT2D eigenvalue weighted by Crippen LogP contribution is -2.39. The molecular formula is C16H24N2O3. The first-order valence-electron chi connectivity index (χ1n) is 7.39. The summed E-state index contributed by atoms with van der Waals surface area (Å²) in [5.74, 6) is -1.39. The first kappa shape index (κ1) is 17.0. The van der Waals surface area contributed by atoms with E-state index in [4.69, 9.17) is 5.11 Å². The molecule has 1 rings (SSSR count). The van der Waals surface area contributed by atoms with E-state index < -0.39 is 11.9 Å². The van der Waals surface area contributed by atoms with Crippen LogP contribution in [0.1, 0.15) is 37.8 Å². The van der Waals surface area contributed by atoms with E-state index in [9.17, 15) is 9.59 Å². The Morgan fingerprint density at radius 1 is 1.14 bits per heavy atom. The lowest BCUT2D eigenvalue weighted by Gasteiger charge is -2.14. The molecule has 0 aliphatic rings. The summed E-state index contributed by atoms with van der Waals surface area (Å²) >= 11 is 0. The number of carboxylic acids is 1. The van der Waals surface area contributed by atoms with Gasteiger partial charge < -0.3 is 15.7 Å². The number of benzene rings is 1. The zero-order valence-electron chi connectivity index (χ0n) is 12.7. The molecule has 1 unspecified atom stereocenters. The van der Waals surface area contributed by atoms with Gasteiger partial charge in [0.05, 0.1) is 5.92 Å². The van der Waals surface area contributed by atoms with E-state index in [2.05, 4.69) is 17.6 Å². The van der Waals surface area contributed by atoms with Crippen molar-refractivity contribution in [1.82, 2.24) is 10.6 Å². The highest BCUT2D eigenvalue weighted by Crippen LogP contribution is 2.09. The third kappa shape index (κ3) is 5.85. The van der Waals surface area contributed by atoms with E-state index in [1.807, 2.05) is 31.2 Å². The van der Waals surface area contributed by atoms with Crippen LogP contribution >= 0.6 is 0 Å². The Kier molecular flexibility index (Phi) is 7.29. The number of aliphatic carboxylic acids is 1. The minimum absolute atomic E-state index is 0.157. The van der Waals surface area contributed by atoms with Gasteiger partial charge in [-0.05, 0) is 24.0 Å². The largest absolute Gasteiger partial charge is 0.481 e. The molecule has 5 nitrogen and oxygen atoms in total. The Bertz CT molecular complexity index is 474. The average Bonchev–Trinajstić information content (AvgIpc) is 2.49. The molecule has 116 valence electrons. The third-order valence-corrected chi connectivity index (χ3v) is 3.43. The highest BCUT2D eigenvalue weighted by molar-refractivity contribution is 5.75. The van der Waals surface area contributed by atoms with Crippen molar-refractivity contribution >= 4 is 12.0 Å². The Hall–Kier alpha value is -2.04. The molecule has 3 N–H and O–H groups in total. The number of carbonyl (C=O) groups is 2. The van der Waals surface area contributed by atoms with E-state index in [1.54, 1.807) is 0 Å². The zero-order chi connectivity index (χ0) is 15.7. The lowest BCUT2D eigenvalue weighted by atomic mass is 10.0. The summed E-state index contributed by atoms with van der Waals surface area (Å²) in [5, 5.41) is 14.4. The summed E-state index contributed by atoms with van der Waals surface area (Å²) in [7, 11) is 0. The van der Waals surface area contributed by atoms with Gasteiger partial charge in [0.15, 0.2) is 0 Å². The molecule has 0 heterocycles. The van der Waals surface area contributed by atoms with Crippen molar-refractivity contribution in [2.75, 3.05) is 6.54 Å². The fourth-order valence-electron chi connectivity index (χ4n) is 2.19. The quantitative estimate of drug-likeness (QED) is 0.689. The summed E-state index contributed by atoms with van der Waals surface area (Å²) in [6.45, 7) is 4.60. The maximum atomic E-state index is 11.7. The monoisotopic (exact) mass is 292 g/mol. The van der Waals surface area contributed by atoms with E-state index in [-0.39, 0.29) is 12.6 Å². The third-order valence-electron chi connectivity index (χ3n) is 3.43. The Morgan fingerprint density at radius 3 is 2.38 bits per heavy atom. The predicted octanol–water partition coefficient (Wildman–Crippen LogP) is 2.55. The van der Waals surface area contributed by atoms with Crippen molar-refractivity contribution in [3.63, 3.8) is 0 Å². The second-order valence-electron chi connectivity index (χ2n) is 5.01. The van der Waals surface area contributed by atoms with Crippen molar-refractivity contribution in [3.05, 3.63) is 35.4 Å². The van der Waals surface area contributed by atoms with Crippen molar-refractivity contribution in [1.29, 1.82) is 0 Å². The predicted molar refractivity (Wildman–Crippen MR) is 82.1 cm³/mol. The van der Waals surface area contributed by atoms with Gasteiger partial charge in [-0.1, -0.05) is 44.5 Å². The van der Waals surface area contributed by atoms with Crippen LogP contribution in [0.15, 0.2) is 24.3 Å². The molecule has 0 aliphatic heterocycles. The van der Waals surface area contributed by atoms with Crippen LogP contribution in [0.3, 0.4) is 0 Å². The number of hydrogen-bond donors (Lipinski definition) is 3. The van der Waals surface area contributed by atoms with Gasteiger partial charge in [-0.2, -0.15) is 0 Å². The highest BCUT2D eigenvalue weighted by atomic mass is 16.4. The summed E-state index contributed by atoms with van der Waals surface area (Å²) in [6, 6.07) is 7.61. The van der Waals surface area contributed by atoms with Gasteiger partial charge in [0.1, 0.15) is 0 Å². The standard InChI is InChI=1S/C16H24N2O3/c1-3-7-14(15(19)20)11-18-16(21)17-10-13-9-6-5-8-12(13)4-2/h5-6,8-9,14H,3-4,7,10-11H2,1-2H3,(H,19,20)(H2,17,18,21). The molecule has 0 aliphatic carbocycles. The van der Waals surface area contributed by atoms with E-state index in [1.165, 1.54) is 5.56 Å². The van der Waals surface area contributed by atoms with Crippen molar-refractivity contribution in [2.45, 2.75) is 39.7 Å². The van der Waals surface area contributed by atoms with Crippen LogP contribution in [0.2, 0.25) is 0 Å². The van der Waals surface area contributed by atoms with Crippen LogP contribution < -0.4 is 10.6 Å². The van der Waals surface area contributed by atoms with Gasteiger partial charge in [0, 0.05) is 13.1 Å². The van der Waals surface area contributed by atoms with Crippen LogP contribution in [-0.2, 0) is 17.8 Å². The molecule has 1 aromatic rings. The van der Waals surface area contributed by atoms with Gasteiger partial charge in [0.2, 0.25) is 0 Å². The molecule has 5 heteroatoms. The molecule has 21 heavy (non-hydrogen) atoms. The fraction of sp³-hybridized carbons (Fsp3) is 0.500. The first-order valence-corrected chi connectivity index (χ1v) is 7.39. The number of hydrogen-bond acceptors (Lipinski definition) is 2. The van der Waals surface area contributed by atoms with Gasteiger partial charge in [-0.25, -0.2) is 4.79 Å². The second kappa shape index (κ2) is 9.00. The average molecular weight is 292 g/mol. The number of nitrogens with one attached hydrogen (secondary N) is 2. The van der Waals surface area contributed by atoms with Crippen LogP contribution in [0, 0.1) is 5.92 Å². The Labute approximate surface area is 125 Å². The lowest BCUT2D eigenvalue weighted by molar-refractivity contribution is -0.141. The number of carbonyl (C=O) groups excluding carboxylic acids is 1. The normalized spacial score (nSPS) is 11.7. The molecular weight excluding hydrogens is 268 g/mol. The van der Waals surface area contributed by atoms with Gasteiger partial charge in [0.25, 0.3) is 0 Å². The molecule has 0 saturated carbocycles.